The van der Waals surface area contributed by atoms with Gasteiger partial charge in [-0.25, -0.2) is 4.79 Å². The van der Waals surface area contributed by atoms with Crippen molar-refractivity contribution in [2.24, 2.45) is 17.8 Å². The van der Waals surface area contributed by atoms with Crippen LogP contribution in [0.2, 0.25) is 0 Å². The molecular weight excluding hydrogens is 366 g/mol. The molecule has 0 aromatic heterocycles. The molecule has 0 N–H and O–H groups in total. The van der Waals surface area contributed by atoms with Crippen LogP contribution in [0, 0.1) is 29.6 Å². The molecule has 0 spiro atoms. The summed E-state index contributed by atoms with van der Waals surface area (Å²) >= 11 is 0. The normalized spacial score (nSPS) is 26.1. The van der Waals surface area contributed by atoms with E-state index in [1.807, 2.05) is 0 Å². The van der Waals surface area contributed by atoms with Crippen LogP contribution in [0.4, 0.5) is 0 Å². The topological polar surface area (TPSA) is 91.4 Å². The van der Waals surface area contributed by atoms with Crippen LogP contribution in [0.1, 0.15) is 38.5 Å². The monoisotopic (exact) mass is 393 g/mol. The lowest BCUT2D eigenvalue weighted by molar-refractivity contribution is -0.200. The molecule has 28 heavy (non-hydrogen) atoms. The second-order valence-electron chi connectivity index (χ2n) is 7.21. The van der Waals surface area contributed by atoms with Gasteiger partial charge in [0.1, 0.15) is 6.61 Å². The number of rotatable bonds is 11. The summed E-state index contributed by atoms with van der Waals surface area (Å²) in [7, 11) is 0. The lowest BCUT2D eigenvalue weighted by Crippen LogP contribution is -2.33. The Hall–Kier alpha value is -1.95. The Labute approximate surface area is 164 Å². The maximum atomic E-state index is 11.5. The highest BCUT2D eigenvalue weighted by Crippen LogP contribution is 2.52. The summed E-state index contributed by atoms with van der Waals surface area (Å²) in [4.78, 5) is 38.8. The summed E-state index contributed by atoms with van der Waals surface area (Å²) in [5, 5.41) is 0.506. The first-order valence-corrected chi connectivity index (χ1v) is 9.92. The van der Waals surface area contributed by atoms with Gasteiger partial charge < -0.3 is 19.0 Å². The first-order chi connectivity index (χ1) is 13.7. The van der Waals surface area contributed by atoms with E-state index in [0.29, 0.717) is 30.8 Å². The van der Waals surface area contributed by atoms with Gasteiger partial charge in [0.15, 0.2) is 0 Å². The van der Waals surface area contributed by atoms with E-state index < -0.39 is 17.8 Å². The van der Waals surface area contributed by atoms with Gasteiger partial charge in [0, 0.05) is 25.7 Å². The molecule has 1 heterocycles. The smallest absolute Gasteiger partial charge is 0.358 e. The molecular formula is C20H27NO7. The summed E-state index contributed by atoms with van der Waals surface area (Å²) in [5.74, 6) is 6.87. The predicted molar refractivity (Wildman–Crippen MR) is 96.4 cm³/mol. The third kappa shape index (κ3) is 6.03. The fraction of sp³-hybridized carbons (Fsp3) is 0.750. The highest BCUT2D eigenvalue weighted by molar-refractivity contribution is 6.01. The standard InChI is InChI=1S/C20H27NO7/c22-18-7-8-19(23)21(18)28-20(24)14-27-12-10-25-9-11-26-13-17-15-5-3-1-2-4-6-16(15)17/h15-17H,3-14H2. The number of hydrogen-bond donors (Lipinski definition) is 0. The number of hydroxylamine groups is 2. The van der Waals surface area contributed by atoms with Crippen molar-refractivity contribution in [2.45, 2.75) is 38.5 Å². The molecule has 0 radical (unpaired) electrons. The number of imide groups is 1. The van der Waals surface area contributed by atoms with Crippen molar-refractivity contribution in [3.63, 3.8) is 0 Å². The molecule has 1 saturated carbocycles. The number of ether oxygens (including phenoxy) is 3. The molecule has 2 atom stereocenters. The van der Waals surface area contributed by atoms with E-state index >= 15 is 0 Å². The van der Waals surface area contributed by atoms with Crippen LogP contribution in [0.5, 0.6) is 0 Å². The van der Waals surface area contributed by atoms with E-state index in [0.717, 1.165) is 31.3 Å². The third-order valence-electron chi connectivity index (χ3n) is 5.31. The number of fused-ring (bicyclic) bond motifs is 1. The average Bonchev–Trinajstić information content (AvgIpc) is 3.20. The molecule has 3 rings (SSSR count). The number of hydrogen-bond acceptors (Lipinski definition) is 7. The van der Waals surface area contributed by atoms with Gasteiger partial charge in [0.25, 0.3) is 11.8 Å². The van der Waals surface area contributed by atoms with Crippen LogP contribution in [0.3, 0.4) is 0 Å². The molecule has 1 aliphatic heterocycles. The van der Waals surface area contributed by atoms with Crippen molar-refractivity contribution in [3.8, 4) is 11.8 Å². The molecule has 1 saturated heterocycles. The summed E-state index contributed by atoms with van der Waals surface area (Å²) < 4.78 is 16.2. The lowest BCUT2D eigenvalue weighted by atomic mass is 10.1. The van der Waals surface area contributed by atoms with Crippen molar-refractivity contribution in [1.82, 2.24) is 5.06 Å². The third-order valence-corrected chi connectivity index (χ3v) is 5.31. The van der Waals surface area contributed by atoms with E-state index in [9.17, 15) is 14.4 Å². The number of carbonyl (C=O) groups excluding carboxylic acids is 3. The van der Waals surface area contributed by atoms with E-state index in [1.165, 1.54) is 12.8 Å². The predicted octanol–water partition coefficient (Wildman–Crippen LogP) is 1.08. The van der Waals surface area contributed by atoms with Gasteiger partial charge in [-0.1, -0.05) is 0 Å². The second kappa shape index (κ2) is 10.6. The minimum absolute atomic E-state index is 0.0688. The van der Waals surface area contributed by atoms with Gasteiger partial charge in [-0.3, -0.25) is 9.59 Å². The zero-order valence-electron chi connectivity index (χ0n) is 16.0. The van der Waals surface area contributed by atoms with Gasteiger partial charge in [-0.15, -0.1) is 16.9 Å². The van der Waals surface area contributed by atoms with E-state index in [1.54, 1.807) is 0 Å². The Kier molecular flexibility index (Phi) is 7.83. The van der Waals surface area contributed by atoms with Crippen LogP contribution in [0.15, 0.2) is 0 Å². The number of amides is 2. The molecule has 8 heteroatoms. The first kappa shape index (κ1) is 20.8. The maximum absolute atomic E-state index is 11.5. The fourth-order valence-electron chi connectivity index (χ4n) is 3.78. The molecule has 154 valence electrons. The fourth-order valence-corrected chi connectivity index (χ4v) is 3.78. The number of carbonyl (C=O) groups is 3. The van der Waals surface area contributed by atoms with Gasteiger partial charge in [-0.05, 0) is 30.6 Å². The van der Waals surface area contributed by atoms with Crippen molar-refractivity contribution in [3.05, 3.63) is 0 Å². The van der Waals surface area contributed by atoms with Gasteiger partial charge in [0.2, 0.25) is 0 Å². The van der Waals surface area contributed by atoms with Crippen molar-refractivity contribution >= 4 is 17.8 Å². The van der Waals surface area contributed by atoms with Crippen molar-refractivity contribution in [2.75, 3.05) is 39.6 Å². The largest absolute Gasteiger partial charge is 0.379 e. The molecule has 2 aliphatic carbocycles. The first-order valence-electron chi connectivity index (χ1n) is 9.92. The summed E-state index contributed by atoms with van der Waals surface area (Å²) in [6, 6.07) is 0. The van der Waals surface area contributed by atoms with Crippen LogP contribution in [-0.4, -0.2) is 62.5 Å². The van der Waals surface area contributed by atoms with E-state index in [2.05, 4.69) is 16.7 Å². The van der Waals surface area contributed by atoms with Crippen LogP contribution < -0.4 is 0 Å². The maximum Gasteiger partial charge on any atom is 0.358 e. The summed E-state index contributed by atoms with van der Waals surface area (Å²) in [5.41, 5.74) is 0. The Morgan fingerprint density at radius 2 is 1.46 bits per heavy atom. The van der Waals surface area contributed by atoms with Crippen LogP contribution in [0.25, 0.3) is 0 Å². The van der Waals surface area contributed by atoms with Gasteiger partial charge in [0.05, 0.1) is 33.0 Å². The summed E-state index contributed by atoms with van der Waals surface area (Å²) in [6.45, 7) is 1.98. The van der Waals surface area contributed by atoms with Gasteiger partial charge in [-0.2, -0.15) is 0 Å². The zero-order valence-corrected chi connectivity index (χ0v) is 16.0. The van der Waals surface area contributed by atoms with Crippen molar-refractivity contribution < 1.29 is 33.4 Å². The number of nitrogens with zero attached hydrogens (tertiary/aromatic N) is 1. The van der Waals surface area contributed by atoms with Gasteiger partial charge >= 0.3 is 5.97 Å². The lowest BCUT2D eigenvalue weighted by Gasteiger charge is -2.12. The molecule has 2 amide bonds. The highest BCUT2D eigenvalue weighted by Gasteiger charge is 2.48. The molecule has 0 aromatic carbocycles. The van der Waals surface area contributed by atoms with E-state index in [-0.39, 0.29) is 26.1 Å². The molecule has 8 nitrogen and oxygen atoms in total. The Morgan fingerprint density at radius 1 is 0.893 bits per heavy atom. The molecule has 0 aromatic rings. The van der Waals surface area contributed by atoms with Crippen LogP contribution in [-0.2, 0) is 33.4 Å². The van der Waals surface area contributed by atoms with Crippen molar-refractivity contribution in [1.29, 1.82) is 0 Å². The zero-order chi connectivity index (χ0) is 19.8. The average molecular weight is 393 g/mol. The Morgan fingerprint density at radius 3 is 2.11 bits per heavy atom. The molecule has 2 fully saturated rings. The second-order valence-corrected chi connectivity index (χ2v) is 7.21. The molecule has 2 unspecified atom stereocenters. The minimum Gasteiger partial charge on any atom is -0.379 e. The van der Waals surface area contributed by atoms with Crippen LogP contribution >= 0.6 is 0 Å². The minimum atomic E-state index is -0.783. The quantitative estimate of drug-likeness (QED) is 0.295. The summed E-state index contributed by atoms with van der Waals surface area (Å²) in [6.07, 6.45) is 4.56. The Bertz CT molecular complexity index is 604. The van der Waals surface area contributed by atoms with E-state index in [4.69, 9.17) is 14.2 Å². The Balaban J connectivity index is 1.13. The SMILES string of the molecule is O=C(COCCOCCOCC1C2CCC#CCCC21)ON1C(=O)CCC1=O. The molecule has 3 aliphatic rings. The highest BCUT2D eigenvalue weighted by atomic mass is 16.7. The molecule has 0 bridgehead atoms.